The standard InChI is InChI=1S/C15H17BrN2O/c1-10-5-7-18(9-15(10)19)14-4-6-17-13-3-2-11(16)8-12(13)14/h2-4,6,8,10,15,19H,5,7,9H2,1H3. The Bertz CT molecular complexity index is 602. The van der Waals surface area contributed by atoms with Crippen LogP contribution < -0.4 is 4.90 Å². The van der Waals surface area contributed by atoms with Crippen LogP contribution in [0.15, 0.2) is 34.9 Å². The Morgan fingerprint density at radius 2 is 2.21 bits per heavy atom. The van der Waals surface area contributed by atoms with Gasteiger partial charge in [0, 0.05) is 34.8 Å². The van der Waals surface area contributed by atoms with E-state index in [0.717, 1.165) is 34.0 Å². The molecule has 1 aromatic heterocycles. The maximum atomic E-state index is 10.1. The molecule has 0 bridgehead atoms. The van der Waals surface area contributed by atoms with Crippen molar-refractivity contribution in [2.75, 3.05) is 18.0 Å². The fourth-order valence-electron chi connectivity index (χ4n) is 2.65. The molecule has 2 aromatic rings. The number of β-amino-alcohol motifs (C(OH)–C–C–N with tert-alkyl or cyclic N) is 1. The average molecular weight is 321 g/mol. The van der Waals surface area contributed by atoms with Crippen molar-refractivity contribution >= 4 is 32.5 Å². The van der Waals surface area contributed by atoms with Gasteiger partial charge >= 0.3 is 0 Å². The molecule has 1 fully saturated rings. The smallest absolute Gasteiger partial charge is 0.0741 e. The van der Waals surface area contributed by atoms with Crippen LogP contribution in [0.1, 0.15) is 13.3 Å². The van der Waals surface area contributed by atoms with Crippen molar-refractivity contribution in [2.45, 2.75) is 19.4 Å². The van der Waals surface area contributed by atoms with Crippen molar-refractivity contribution < 1.29 is 5.11 Å². The van der Waals surface area contributed by atoms with Crippen molar-refractivity contribution in [1.29, 1.82) is 0 Å². The Morgan fingerprint density at radius 3 is 3.00 bits per heavy atom. The molecule has 1 aliphatic rings. The van der Waals surface area contributed by atoms with Crippen LogP contribution in [0.3, 0.4) is 0 Å². The summed E-state index contributed by atoms with van der Waals surface area (Å²) in [6.07, 6.45) is 2.62. The second-order valence-electron chi connectivity index (χ2n) is 5.27. The molecule has 1 aliphatic heterocycles. The van der Waals surface area contributed by atoms with E-state index in [1.807, 2.05) is 24.4 Å². The third-order valence-electron chi connectivity index (χ3n) is 3.94. The molecule has 0 saturated carbocycles. The van der Waals surface area contributed by atoms with Crippen molar-refractivity contribution in [2.24, 2.45) is 5.92 Å². The Balaban J connectivity index is 2.03. The first-order chi connectivity index (χ1) is 9.15. The van der Waals surface area contributed by atoms with E-state index in [1.54, 1.807) is 0 Å². The van der Waals surface area contributed by atoms with E-state index in [1.165, 1.54) is 0 Å². The largest absolute Gasteiger partial charge is 0.391 e. The van der Waals surface area contributed by atoms with E-state index in [2.05, 4.69) is 38.8 Å². The number of rotatable bonds is 1. The highest BCUT2D eigenvalue weighted by Crippen LogP contribution is 2.30. The number of benzene rings is 1. The molecule has 2 heterocycles. The number of hydrogen-bond donors (Lipinski definition) is 1. The fourth-order valence-corrected chi connectivity index (χ4v) is 3.01. The molecule has 1 saturated heterocycles. The number of aromatic nitrogens is 1. The third kappa shape index (κ3) is 2.47. The molecule has 0 spiro atoms. The number of aliphatic hydroxyl groups is 1. The first-order valence-electron chi connectivity index (χ1n) is 6.62. The molecule has 1 N–H and O–H groups in total. The van der Waals surface area contributed by atoms with E-state index in [4.69, 9.17) is 0 Å². The summed E-state index contributed by atoms with van der Waals surface area (Å²) >= 11 is 3.52. The molecule has 2 atom stereocenters. The van der Waals surface area contributed by atoms with Gasteiger partial charge in [-0.1, -0.05) is 22.9 Å². The van der Waals surface area contributed by atoms with Gasteiger partial charge in [0.25, 0.3) is 0 Å². The van der Waals surface area contributed by atoms with Crippen molar-refractivity contribution in [3.63, 3.8) is 0 Å². The van der Waals surface area contributed by atoms with Crippen LogP contribution in [0, 0.1) is 5.92 Å². The van der Waals surface area contributed by atoms with E-state index in [0.29, 0.717) is 12.5 Å². The number of hydrogen-bond acceptors (Lipinski definition) is 3. The number of nitrogens with zero attached hydrogens (tertiary/aromatic N) is 2. The number of fused-ring (bicyclic) bond motifs is 1. The monoisotopic (exact) mass is 320 g/mol. The molecular formula is C15H17BrN2O. The van der Waals surface area contributed by atoms with Crippen LogP contribution in [0.5, 0.6) is 0 Å². The maximum absolute atomic E-state index is 10.1. The highest BCUT2D eigenvalue weighted by atomic mass is 79.9. The third-order valence-corrected chi connectivity index (χ3v) is 4.43. The number of pyridine rings is 1. The molecule has 3 rings (SSSR count). The van der Waals surface area contributed by atoms with Crippen LogP contribution in [0.2, 0.25) is 0 Å². The minimum atomic E-state index is -0.246. The summed E-state index contributed by atoms with van der Waals surface area (Å²) in [4.78, 5) is 6.67. The van der Waals surface area contributed by atoms with Crippen molar-refractivity contribution in [3.05, 3.63) is 34.9 Å². The summed E-state index contributed by atoms with van der Waals surface area (Å²) in [5.74, 6) is 0.385. The summed E-state index contributed by atoms with van der Waals surface area (Å²) in [6.45, 7) is 3.81. The quantitative estimate of drug-likeness (QED) is 0.876. The summed E-state index contributed by atoms with van der Waals surface area (Å²) in [5, 5.41) is 11.2. The van der Waals surface area contributed by atoms with E-state index in [9.17, 15) is 5.11 Å². The lowest BCUT2D eigenvalue weighted by atomic mass is 9.95. The molecule has 1 aromatic carbocycles. The summed E-state index contributed by atoms with van der Waals surface area (Å²) in [7, 11) is 0. The van der Waals surface area contributed by atoms with Crippen LogP contribution in [-0.2, 0) is 0 Å². The van der Waals surface area contributed by atoms with Gasteiger partial charge in [-0.05, 0) is 36.6 Å². The first kappa shape index (κ1) is 12.9. The SMILES string of the molecule is CC1CCN(c2ccnc3ccc(Br)cc23)CC1O. The van der Waals surface area contributed by atoms with Gasteiger partial charge in [-0.2, -0.15) is 0 Å². The molecule has 3 nitrogen and oxygen atoms in total. The lowest BCUT2D eigenvalue weighted by molar-refractivity contribution is 0.103. The normalized spacial score (nSPS) is 23.8. The molecular weight excluding hydrogens is 304 g/mol. The molecule has 0 radical (unpaired) electrons. The summed E-state index contributed by atoms with van der Waals surface area (Å²) < 4.78 is 1.06. The minimum absolute atomic E-state index is 0.246. The zero-order valence-electron chi connectivity index (χ0n) is 10.9. The van der Waals surface area contributed by atoms with Gasteiger partial charge in [-0.3, -0.25) is 4.98 Å². The van der Waals surface area contributed by atoms with Gasteiger partial charge in [-0.15, -0.1) is 0 Å². The highest BCUT2D eigenvalue weighted by Gasteiger charge is 2.25. The number of anilines is 1. The Hall–Kier alpha value is -1.13. The lowest BCUT2D eigenvalue weighted by Gasteiger charge is -2.36. The minimum Gasteiger partial charge on any atom is -0.391 e. The zero-order valence-corrected chi connectivity index (χ0v) is 12.5. The Kier molecular flexibility index (Phi) is 3.46. The van der Waals surface area contributed by atoms with Crippen LogP contribution in [0.4, 0.5) is 5.69 Å². The number of halogens is 1. The maximum Gasteiger partial charge on any atom is 0.0741 e. The summed E-state index contributed by atoms with van der Waals surface area (Å²) in [6, 6.07) is 8.16. The second-order valence-corrected chi connectivity index (χ2v) is 6.19. The van der Waals surface area contributed by atoms with E-state index >= 15 is 0 Å². The molecule has 4 heteroatoms. The molecule has 0 aliphatic carbocycles. The van der Waals surface area contributed by atoms with E-state index < -0.39 is 0 Å². The molecule has 19 heavy (non-hydrogen) atoms. The van der Waals surface area contributed by atoms with Gasteiger partial charge in [0.2, 0.25) is 0 Å². The topological polar surface area (TPSA) is 36.4 Å². The van der Waals surface area contributed by atoms with Crippen molar-refractivity contribution in [3.8, 4) is 0 Å². The number of aliphatic hydroxyl groups excluding tert-OH is 1. The molecule has 2 unspecified atom stereocenters. The van der Waals surface area contributed by atoms with Gasteiger partial charge < -0.3 is 10.0 Å². The van der Waals surface area contributed by atoms with Gasteiger partial charge in [-0.25, -0.2) is 0 Å². The van der Waals surface area contributed by atoms with Gasteiger partial charge in [0.1, 0.15) is 0 Å². The Morgan fingerprint density at radius 1 is 1.37 bits per heavy atom. The number of piperidine rings is 1. The van der Waals surface area contributed by atoms with Gasteiger partial charge in [0.15, 0.2) is 0 Å². The zero-order chi connectivity index (χ0) is 13.4. The highest BCUT2D eigenvalue weighted by molar-refractivity contribution is 9.10. The van der Waals surface area contributed by atoms with Crippen LogP contribution >= 0.6 is 15.9 Å². The van der Waals surface area contributed by atoms with Crippen LogP contribution in [-0.4, -0.2) is 29.3 Å². The second kappa shape index (κ2) is 5.10. The van der Waals surface area contributed by atoms with Gasteiger partial charge in [0.05, 0.1) is 11.6 Å². The van der Waals surface area contributed by atoms with Crippen molar-refractivity contribution in [1.82, 2.24) is 4.98 Å². The predicted molar refractivity (Wildman–Crippen MR) is 81.4 cm³/mol. The fraction of sp³-hybridized carbons (Fsp3) is 0.400. The molecule has 100 valence electrons. The molecule has 0 amide bonds. The van der Waals surface area contributed by atoms with Crippen LogP contribution in [0.25, 0.3) is 10.9 Å². The average Bonchev–Trinajstić information content (AvgIpc) is 2.41. The first-order valence-corrected chi connectivity index (χ1v) is 7.42. The Labute approximate surface area is 121 Å². The predicted octanol–water partition coefficient (Wildman–Crippen LogP) is 3.20. The van der Waals surface area contributed by atoms with E-state index in [-0.39, 0.29) is 6.10 Å². The lowest BCUT2D eigenvalue weighted by Crippen LogP contribution is -2.43. The summed E-state index contributed by atoms with van der Waals surface area (Å²) in [5.41, 5.74) is 2.16.